The van der Waals surface area contributed by atoms with Gasteiger partial charge in [-0.05, 0) is 48.6 Å². The third-order valence-corrected chi connectivity index (χ3v) is 6.63. The number of urea groups is 1. The monoisotopic (exact) mass is 458 g/mol. The van der Waals surface area contributed by atoms with E-state index in [1.807, 2.05) is 54.8 Å². The summed E-state index contributed by atoms with van der Waals surface area (Å²) in [6, 6.07) is 19.2. The average molecular weight is 459 g/mol. The number of rotatable bonds is 6. The molecule has 4 rings (SSSR count). The SMILES string of the molecule is Cc1ccc([C@H](NC(=O)CN2C(=O)N[C@@](C)(c3cccc(C#N)c3)C2=O)c2cccs2)cc1. The molecule has 1 aliphatic rings. The summed E-state index contributed by atoms with van der Waals surface area (Å²) >= 11 is 1.52. The lowest BCUT2D eigenvalue weighted by Crippen LogP contribution is -2.44. The van der Waals surface area contributed by atoms with Crippen LogP contribution in [0, 0.1) is 18.3 Å². The van der Waals surface area contributed by atoms with E-state index in [9.17, 15) is 14.4 Å². The van der Waals surface area contributed by atoms with Crippen LogP contribution in [0.2, 0.25) is 0 Å². The molecule has 1 aliphatic heterocycles. The number of nitrogens with one attached hydrogen (secondary N) is 2. The van der Waals surface area contributed by atoms with Gasteiger partial charge in [0.2, 0.25) is 5.91 Å². The largest absolute Gasteiger partial charge is 0.343 e. The fourth-order valence-electron chi connectivity index (χ4n) is 3.82. The molecule has 4 amide bonds. The van der Waals surface area contributed by atoms with Gasteiger partial charge in [0.05, 0.1) is 17.7 Å². The van der Waals surface area contributed by atoms with Crippen LogP contribution in [0.15, 0.2) is 66.0 Å². The molecule has 166 valence electrons. The van der Waals surface area contributed by atoms with Crippen LogP contribution in [-0.4, -0.2) is 29.3 Å². The van der Waals surface area contributed by atoms with Crippen molar-refractivity contribution in [2.24, 2.45) is 0 Å². The van der Waals surface area contributed by atoms with Gasteiger partial charge in [0.15, 0.2) is 0 Å². The Labute approximate surface area is 195 Å². The summed E-state index contributed by atoms with van der Waals surface area (Å²) in [7, 11) is 0. The van der Waals surface area contributed by atoms with E-state index in [0.29, 0.717) is 11.1 Å². The van der Waals surface area contributed by atoms with Crippen molar-refractivity contribution in [2.75, 3.05) is 6.54 Å². The second-order valence-electron chi connectivity index (χ2n) is 8.07. The highest BCUT2D eigenvalue weighted by atomic mass is 32.1. The van der Waals surface area contributed by atoms with Gasteiger partial charge < -0.3 is 10.6 Å². The van der Waals surface area contributed by atoms with E-state index in [1.54, 1.807) is 31.2 Å². The Kier molecular flexibility index (Phi) is 5.99. The zero-order valence-corrected chi connectivity index (χ0v) is 19.0. The minimum atomic E-state index is -1.35. The Morgan fingerprint density at radius 2 is 1.94 bits per heavy atom. The molecule has 0 aliphatic carbocycles. The fourth-order valence-corrected chi connectivity index (χ4v) is 4.62. The fraction of sp³-hybridized carbons (Fsp3) is 0.200. The van der Waals surface area contributed by atoms with Gasteiger partial charge in [-0.2, -0.15) is 5.26 Å². The van der Waals surface area contributed by atoms with E-state index in [-0.39, 0.29) is 0 Å². The Bertz CT molecular complexity index is 1250. The van der Waals surface area contributed by atoms with Crippen molar-refractivity contribution >= 4 is 29.2 Å². The predicted octanol–water partition coefficient (Wildman–Crippen LogP) is 3.60. The van der Waals surface area contributed by atoms with E-state index < -0.39 is 36.0 Å². The normalized spacial score (nSPS) is 18.5. The Morgan fingerprint density at radius 3 is 2.61 bits per heavy atom. The van der Waals surface area contributed by atoms with E-state index in [1.165, 1.54) is 11.3 Å². The zero-order chi connectivity index (χ0) is 23.6. The van der Waals surface area contributed by atoms with Crippen molar-refractivity contribution in [3.05, 3.63) is 93.2 Å². The number of carbonyl (C=O) groups excluding carboxylic acids is 3. The third kappa shape index (κ3) is 4.36. The number of hydrogen-bond donors (Lipinski definition) is 2. The lowest BCUT2D eigenvalue weighted by molar-refractivity contribution is -0.135. The molecule has 2 atom stereocenters. The first kappa shape index (κ1) is 22.2. The van der Waals surface area contributed by atoms with Crippen molar-refractivity contribution in [2.45, 2.75) is 25.4 Å². The van der Waals surface area contributed by atoms with E-state index in [0.717, 1.165) is 20.9 Å². The molecule has 8 heteroatoms. The number of aryl methyl sites for hydroxylation is 1. The lowest BCUT2D eigenvalue weighted by atomic mass is 9.91. The summed E-state index contributed by atoms with van der Waals surface area (Å²) in [6.45, 7) is 3.15. The number of benzene rings is 2. The number of nitriles is 1. The van der Waals surface area contributed by atoms with Crippen molar-refractivity contribution in [1.29, 1.82) is 5.26 Å². The van der Waals surface area contributed by atoms with Gasteiger partial charge in [0, 0.05) is 4.88 Å². The maximum absolute atomic E-state index is 13.2. The Morgan fingerprint density at radius 1 is 1.18 bits per heavy atom. The van der Waals surface area contributed by atoms with Gasteiger partial charge in [-0.3, -0.25) is 14.5 Å². The minimum Gasteiger partial charge on any atom is -0.343 e. The molecule has 2 aromatic carbocycles. The van der Waals surface area contributed by atoms with E-state index in [4.69, 9.17) is 5.26 Å². The maximum atomic E-state index is 13.2. The van der Waals surface area contributed by atoms with Gasteiger partial charge in [0.1, 0.15) is 12.1 Å². The first-order valence-electron chi connectivity index (χ1n) is 10.4. The van der Waals surface area contributed by atoms with Gasteiger partial charge in [-0.15, -0.1) is 11.3 Å². The summed E-state index contributed by atoms with van der Waals surface area (Å²) in [5, 5.41) is 16.7. The quantitative estimate of drug-likeness (QED) is 0.551. The van der Waals surface area contributed by atoms with Crippen LogP contribution in [0.25, 0.3) is 0 Å². The molecule has 33 heavy (non-hydrogen) atoms. The van der Waals surface area contributed by atoms with Crippen LogP contribution in [0.5, 0.6) is 0 Å². The molecular weight excluding hydrogens is 436 g/mol. The second-order valence-corrected chi connectivity index (χ2v) is 9.04. The Hall–Kier alpha value is -3.96. The smallest absolute Gasteiger partial charge is 0.325 e. The zero-order valence-electron chi connectivity index (χ0n) is 18.2. The molecule has 7 nitrogen and oxygen atoms in total. The molecule has 3 aromatic rings. The second kappa shape index (κ2) is 8.88. The minimum absolute atomic E-state index is 0.379. The highest BCUT2D eigenvalue weighted by Gasteiger charge is 2.49. The topological polar surface area (TPSA) is 102 Å². The van der Waals surface area contributed by atoms with E-state index >= 15 is 0 Å². The van der Waals surface area contributed by atoms with Crippen molar-refractivity contribution < 1.29 is 14.4 Å². The highest BCUT2D eigenvalue weighted by Crippen LogP contribution is 2.30. The number of imide groups is 1. The molecular formula is C25H22N4O3S. The summed E-state index contributed by atoms with van der Waals surface area (Å²) in [4.78, 5) is 40.6. The van der Waals surface area contributed by atoms with Crippen molar-refractivity contribution in [3.63, 3.8) is 0 Å². The van der Waals surface area contributed by atoms with Crippen LogP contribution < -0.4 is 10.6 Å². The summed E-state index contributed by atoms with van der Waals surface area (Å²) in [6.07, 6.45) is 0. The van der Waals surface area contributed by atoms with Crippen molar-refractivity contribution in [1.82, 2.24) is 15.5 Å². The molecule has 0 saturated carbocycles. The van der Waals surface area contributed by atoms with Gasteiger partial charge in [-0.25, -0.2) is 4.79 Å². The van der Waals surface area contributed by atoms with Crippen LogP contribution in [-0.2, 0) is 15.1 Å². The first-order chi connectivity index (χ1) is 15.8. The predicted molar refractivity (Wildman–Crippen MR) is 124 cm³/mol. The molecule has 0 unspecified atom stereocenters. The standard InChI is InChI=1S/C25H22N4O3S/c1-16-8-10-18(11-9-16)22(20-7-4-12-33-20)27-21(30)15-29-23(31)25(2,28-24(29)32)19-6-3-5-17(13-19)14-26/h3-13,22H,15H2,1-2H3,(H,27,30)(H,28,32)/t22-,25-/m0/s1. The van der Waals surface area contributed by atoms with Crippen LogP contribution in [0.4, 0.5) is 4.79 Å². The molecule has 1 fully saturated rings. The molecule has 0 bridgehead atoms. The molecule has 1 saturated heterocycles. The Balaban J connectivity index is 1.53. The number of thiophene rings is 1. The highest BCUT2D eigenvalue weighted by molar-refractivity contribution is 7.10. The molecule has 2 N–H and O–H groups in total. The lowest BCUT2D eigenvalue weighted by Gasteiger charge is -2.23. The number of carbonyl (C=O) groups is 3. The number of hydrogen-bond acceptors (Lipinski definition) is 5. The van der Waals surface area contributed by atoms with Crippen LogP contribution >= 0.6 is 11.3 Å². The maximum Gasteiger partial charge on any atom is 0.325 e. The first-order valence-corrected chi connectivity index (χ1v) is 11.2. The molecule has 0 spiro atoms. The van der Waals surface area contributed by atoms with Gasteiger partial charge in [-0.1, -0.05) is 48.0 Å². The van der Waals surface area contributed by atoms with Crippen LogP contribution in [0.3, 0.4) is 0 Å². The molecule has 0 radical (unpaired) electrons. The van der Waals surface area contributed by atoms with Gasteiger partial charge >= 0.3 is 6.03 Å². The number of nitrogens with zero attached hydrogens (tertiary/aromatic N) is 2. The van der Waals surface area contributed by atoms with E-state index in [2.05, 4.69) is 10.6 Å². The van der Waals surface area contributed by atoms with Crippen LogP contribution in [0.1, 0.15) is 40.1 Å². The van der Waals surface area contributed by atoms with Crippen molar-refractivity contribution in [3.8, 4) is 6.07 Å². The summed E-state index contributed by atoms with van der Waals surface area (Å²) < 4.78 is 0. The number of amides is 4. The van der Waals surface area contributed by atoms with Gasteiger partial charge in [0.25, 0.3) is 5.91 Å². The summed E-state index contributed by atoms with van der Waals surface area (Å²) in [5.74, 6) is -0.992. The molecule has 1 aromatic heterocycles. The molecule has 2 heterocycles. The summed E-state index contributed by atoms with van der Waals surface area (Å²) in [5.41, 5.74) is 1.53. The third-order valence-electron chi connectivity index (χ3n) is 5.69. The average Bonchev–Trinajstić information content (AvgIpc) is 3.42.